The zero-order valence-corrected chi connectivity index (χ0v) is 12.8. The van der Waals surface area contributed by atoms with Crippen LogP contribution in [0.25, 0.3) is 0 Å². The average Bonchev–Trinajstić information content (AvgIpc) is 2.41. The van der Waals surface area contributed by atoms with E-state index in [4.69, 9.17) is 10.5 Å². The molecule has 1 unspecified atom stereocenters. The molecule has 0 aromatic heterocycles. The minimum Gasteiger partial charge on any atom is -0.377 e. The van der Waals surface area contributed by atoms with Gasteiger partial charge in [-0.3, -0.25) is 9.59 Å². The van der Waals surface area contributed by atoms with Crippen LogP contribution in [0.15, 0.2) is 0 Å². The normalized spacial score (nSPS) is 19.8. The molecule has 1 saturated heterocycles. The monoisotopic (exact) mass is 285 g/mol. The van der Waals surface area contributed by atoms with Gasteiger partial charge in [-0.15, -0.1) is 0 Å². The zero-order valence-electron chi connectivity index (χ0n) is 12.8. The summed E-state index contributed by atoms with van der Waals surface area (Å²) >= 11 is 0. The highest BCUT2D eigenvalue weighted by molar-refractivity contribution is 5.88. The summed E-state index contributed by atoms with van der Waals surface area (Å²) in [5, 5.41) is 2.82. The maximum absolute atomic E-state index is 12.3. The fraction of sp³-hybridized carbons (Fsp3) is 0.857. The summed E-state index contributed by atoms with van der Waals surface area (Å²) in [5.74, 6) is -0.157. The van der Waals surface area contributed by atoms with Gasteiger partial charge in [-0.25, -0.2) is 0 Å². The van der Waals surface area contributed by atoms with Crippen molar-refractivity contribution in [3.05, 3.63) is 0 Å². The molecule has 0 radical (unpaired) electrons. The minimum atomic E-state index is -0.510. The molecule has 1 aliphatic heterocycles. The maximum Gasteiger partial charge on any atom is 0.245 e. The van der Waals surface area contributed by atoms with Crippen LogP contribution in [-0.2, 0) is 14.3 Å². The summed E-state index contributed by atoms with van der Waals surface area (Å²) in [7, 11) is 0. The average molecular weight is 285 g/mol. The molecule has 0 spiro atoms. The Bertz CT molecular complexity index is 339. The Morgan fingerprint density at radius 3 is 2.75 bits per heavy atom. The van der Waals surface area contributed by atoms with Crippen LogP contribution in [0.4, 0.5) is 0 Å². The van der Waals surface area contributed by atoms with Gasteiger partial charge < -0.3 is 20.7 Å². The lowest BCUT2D eigenvalue weighted by molar-refractivity contribution is -0.148. The fourth-order valence-corrected chi connectivity index (χ4v) is 2.06. The summed E-state index contributed by atoms with van der Waals surface area (Å²) in [6, 6.07) is -0.510. The fourth-order valence-electron chi connectivity index (χ4n) is 2.06. The van der Waals surface area contributed by atoms with Gasteiger partial charge in [-0.2, -0.15) is 0 Å². The van der Waals surface area contributed by atoms with Gasteiger partial charge in [0.05, 0.1) is 13.2 Å². The van der Waals surface area contributed by atoms with Gasteiger partial charge in [0.25, 0.3) is 0 Å². The van der Waals surface area contributed by atoms with E-state index in [-0.39, 0.29) is 24.0 Å². The number of morpholine rings is 1. The Hall–Kier alpha value is -1.14. The lowest BCUT2D eigenvalue weighted by Crippen LogP contribution is -2.56. The van der Waals surface area contributed by atoms with Crippen molar-refractivity contribution >= 4 is 11.8 Å². The van der Waals surface area contributed by atoms with Crippen molar-refractivity contribution in [1.29, 1.82) is 0 Å². The molecule has 1 fully saturated rings. The number of hydrogen-bond acceptors (Lipinski definition) is 4. The van der Waals surface area contributed by atoms with E-state index in [0.717, 1.165) is 6.42 Å². The van der Waals surface area contributed by atoms with E-state index in [1.54, 1.807) is 4.90 Å². The molecule has 3 N–H and O–H groups in total. The van der Waals surface area contributed by atoms with Crippen molar-refractivity contribution in [3.63, 3.8) is 0 Å². The van der Waals surface area contributed by atoms with Crippen LogP contribution in [0.2, 0.25) is 0 Å². The Labute approximate surface area is 121 Å². The number of nitrogens with zero attached hydrogens (tertiary/aromatic N) is 1. The van der Waals surface area contributed by atoms with Crippen LogP contribution in [-0.4, -0.2) is 54.6 Å². The first-order chi connectivity index (χ1) is 9.35. The van der Waals surface area contributed by atoms with Crippen LogP contribution in [0.1, 0.15) is 40.0 Å². The van der Waals surface area contributed by atoms with Crippen LogP contribution >= 0.6 is 0 Å². The third-order valence-corrected chi connectivity index (χ3v) is 3.28. The van der Waals surface area contributed by atoms with Crippen LogP contribution in [0.3, 0.4) is 0 Å². The van der Waals surface area contributed by atoms with Crippen LogP contribution in [0.5, 0.6) is 0 Å². The van der Waals surface area contributed by atoms with Crippen molar-refractivity contribution in [2.24, 2.45) is 5.73 Å². The highest BCUT2D eigenvalue weighted by Crippen LogP contribution is 2.13. The Morgan fingerprint density at radius 2 is 2.15 bits per heavy atom. The Balaban J connectivity index is 2.59. The predicted molar refractivity (Wildman–Crippen MR) is 77.1 cm³/mol. The van der Waals surface area contributed by atoms with Crippen molar-refractivity contribution in [3.8, 4) is 0 Å². The smallest absolute Gasteiger partial charge is 0.245 e. The maximum atomic E-state index is 12.3. The lowest BCUT2D eigenvalue weighted by atomic mass is 9.99. The molecule has 0 aliphatic carbocycles. The molecule has 0 aromatic rings. The summed E-state index contributed by atoms with van der Waals surface area (Å²) in [6.45, 7) is 7.61. The van der Waals surface area contributed by atoms with Gasteiger partial charge in [0.2, 0.25) is 11.8 Å². The SMILES string of the molecule is CCCNC(=O)C1COCCN1C(=O)CCC(C)(C)N. The zero-order chi connectivity index (χ0) is 15.2. The summed E-state index contributed by atoms with van der Waals surface area (Å²) in [5.41, 5.74) is 5.53. The highest BCUT2D eigenvalue weighted by atomic mass is 16.5. The molecular formula is C14H27N3O3. The third kappa shape index (κ3) is 5.46. The second-order valence-electron chi connectivity index (χ2n) is 5.96. The van der Waals surface area contributed by atoms with E-state index < -0.39 is 6.04 Å². The first kappa shape index (κ1) is 16.9. The molecule has 1 aliphatic rings. The van der Waals surface area contributed by atoms with Crippen molar-refractivity contribution in [2.75, 3.05) is 26.3 Å². The summed E-state index contributed by atoms with van der Waals surface area (Å²) in [4.78, 5) is 26.0. The van der Waals surface area contributed by atoms with E-state index in [0.29, 0.717) is 32.5 Å². The molecule has 1 rings (SSSR count). The second-order valence-corrected chi connectivity index (χ2v) is 5.96. The quantitative estimate of drug-likeness (QED) is 0.733. The van der Waals surface area contributed by atoms with Crippen molar-refractivity contribution in [2.45, 2.75) is 51.6 Å². The number of nitrogens with two attached hydrogens (primary N) is 1. The highest BCUT2D eigenvalue weighted by Gasteiger charge is 2.32. The van der Waals surface area contributed by atoms with Gasteiger partial charge in [0.1, 0.15) is 6.04 Å². The van der Waals surface area contributed by atoms with Gasteiger partial charge in [0.15, 0.2) is 0 Å². The van der Waals surface area contributed by atoms with Crippen molar-refractivity contribution < 1.29 is 14.3 Å². The Kier molecular flexibility index (Phi) is 6.42. The first-order valence-electron chi connectivity index (χ1n) is 7.29. The molecule has 116 valence electrons. The largest absolute Gasteiger partial charge is 0.377 e. The van der Waals surface area contributed by atoms with E-state index >= 15 is 0 Å². The van der Waals surface area contributed by atoms with Crippen LogP contribution in [0, 0.1) is 0 Å². The molecule has 6 nitrogen and oxygen atoms in total. The molecule has 0 aromatic carbocycles. The van der Waals surface area contributed by atoms with E-state index in [9.17, 15) is 9.59 Å². The van der Waals surface area contributed by atoms with E-state index in [2.05, 4.69) is 5.32 Å². The number of carbonyl (C=O) groups excluding carboxylic acids is 2. The first-order valence-corrected chi connectivity index (χ1v) is 7.29. The summed E-state index contributed by atoms with van der Waals surface area (Å²) < 4.78 is 5.33. The molecule has 20 heavy (non-hydrogen) atoms. The number of rotatable bonds is 6. The molecule has 2 amide bonds. The van der Waals surface area contributed by atoms with Gasteiger partial charge in [-0.1, -0.05) is 6.92 Å². The number of amides is 2. The summed E-state index contributed by atoms with van der Waals surface area (Å²) in [6.07, 6.45) is 1.84. The Morgan fingerprint density at radius 1 is 1.45 bits per heavy atom. The minimum absolute atomic E-state index is 0.0246. The van der Waals surface area contributed by atoms with Crippen LogP contribution < -0.4 is 11.1 Å². The molecule has 1 atom stereocenters. The van der Waals surface area contributed by atoms with E-state index in [1.165, 1.54) is 0 Å². The number of hydrogen-bond donors (Lipinski definition) is 2. The number of ether oxygens (including phenoxy) is 1. The second kappa shape index (κ2) is 7.59. The molecule has 0 saturated carbocycles. The van der Waals surface area contributed by atoms with E-state index in [1.807, 2.05) is 20.8 Å². The van der Waals surface area contributed by atoms with Gasteiger partial charge in [-0.05, 0) is 26.7 Å². The van der Waals surface area contributed by atoms with Gasteiger partial charge in [0, 0.05) is 25.0 Å². The molecule has 0 bridgehead atoms. The number of nitrogens with one attached hydrogen (secondary N) is 1. The van der Waals surface area contributed by atoms with Gasteiger partial charge >= 0.3 is 0 Å². The standard InChI is InChI=1S/C14H27N3O3/c1-4-7-16-13(19)11-10-20-9-8-17(11)12(18)5-6-14(2,3)15/h11H,4-10,15H2,1-3H3,(H,16,19). The molecule has 1 heterocycles. The topological polar surface area (TPSA) is 84.7 Å². The lowest BCUT2D eigenvalue weighted by Gasteiger charge is -2.35. The van der Waals surface area contributed by atoms with Crippen molar-refractivity contribution in [1.82, 2.24) is 10.2 Å². The predicted octanol–water partition coefficient (Wildman–Crippen LogP) is 0.258. The third-order valence-electron chi connectivity index (χ3n) is 3.28. The number of carbonyl (C=O) groups is 2. The molecular weight excluding hydrogens is 258 g/mol. The molecule has 6 heteroatoms.